The number of fused-ring (bicyclic) bond motifs is 2. The molecule has 5 unspecified atom stereocenters. The van der Waals surface area contributed by atoms with E-state index in [0.717, 1.165) is 38.8 Å². The number of carbonyl (C=O) groups excluding carboxylic acids is 1. The number of carbonyl (C=O) groups is 1. The Morgan fingerprint density at radius 2 is 1.84 bits per heavy atom. The molecule has 3 N–H and O–H groups in total. The fraction of sp³-hybridized carbons (Fsp3) is 0.941. The fourth-order valence-electron chi connectivity index (χ4n) is 4.47. The number of aliphatic hydroxyl groups is 1. The molecule has 0 aromatic carbocycles. The Kier molecular flexibility index (Phi) is 5.42. The van der Waals surface area contributed by atoms with Crippen molar-refractivity contribution in [3.05, 3.63) is 0 Å². The van der Waals surface area contributed by atoms with Crippen molar-refractivity contribution >= 4 is 6.03 Å². The first-order chi connectivity index (χ1) is 12.2. The number of hydrogen-bond donors (Lipinski definition) is 3. The number of hydrogen-bond acceptors (Lipinski definition) is 6. The van der Waals surface area contributed by atoms with Crippen LogP contribution < -0.4 is 10.6 Å². The van der Waals surface area contributed by atoms with Crippen molar-refractivity contribution in [3.8, 4) is 0 Å². The van der Waals surface area contributed by atoms with E-state index in [4.69, 9.17) is 14.2 Å². The lowest BCUT2D eigenvalue weighted by Crippen LogP contribution is -2.67. The molecule has 8 nitrogen and oxygen atoms in total. The van der Waals surface area contributed by atoms with E-state index < -0.39 is 18.4 Å². The number of ether oxygens (including phenoxy) is 3. The predicted octanol–water partition coefficient (Wildman–Crippen LogP) is -0.196. The summed E-state index contributed by atoms with van der Waals surface area (Å²) in [6.07, 6.45) is 4.18. The van der Waals surface area contributed by atoms with Gasteiger partial charge in [0, 0.05) is 19.1 Å². The Hall–Kier alpha value is -0.930. The van der Waals surface area contributed by atoms with Crippen molar-refractivity contribution in [2.75, 3.05) is 32.9 Å². The van der Waals surface area contributed by atoms with Gasteiger partial charge in [-0.25, -0.2) is 4.79 Å². The number of rotatable bonds is 3. The van der Waals surface area contributed by atoms with Gasteiger partial charge in [0.25, 0.3) is 0 Å². The number of amides is 2. The summed E-state index contributed by atoms with van der Waals surface area (Å²) in [6.45, 7) is 3.14. The monoisotopic (exact) mass is 355 g/mol. The fourth-order valence-corrected chi connectivity index (χ4v) is 4.47. The molecule has 1 aliphatic carbocycles. The van der Waals surface area contributed by atoms with Crippen LogP contribution in [-0.4, -0.2) is 85.6 Å². The van der Waals surface area contributed by atoms with Crippen LogP contribution in [0.15, 0.2) is 0 Å². The third kappa shape index (κ3) is 3.78. The van der Waals surface area contributed by atoms with E-state index >= 15 is 0 Å². The van der Waals surface area contributed by atoms with E-state index in [9.17, 15) is 9.90 Å². The molecule has 1 saturated carbocycles. The average molecular weight is 355 g/mol. The van der Waals surface area contributed by atoms with E-state index in [0.29, 0.717) is 19.8 Å². The van der Waals surface area contributed by atoms with Crippen LogP contribution in [0, 0.1) is 0 Å². The molecule has 25 heavy (non-hydrogen) atoms. The van der Waals surface area contributed by atoms with Crippen LogP contribution >= 0.6 is 0 Å². The highest BCUT2D eigenvalue weighted by molar-refractivity contribution is 5.74. The van der Waals surface area contributed by atoms with Crippen molar-refractivity contribution in [2.45, 2.75) is 68.7 Å². The molecule has 2 bridgehead atoms. The van der Waals surface area contributed by atoms with E-state index in [-0.39, 0.29) is 24.2 Å². The van der Waals surface area contributed by atoms with E-state index in [1.165, 1.54) is 6.42 Å². The summed E-state index contributed by atoms with van der Waals surface area (Å²) in [6, 6.07) is -0.721. The Morgan fingerprint density at radius 1 is 1.08 bits per heavy atom. The lowest BCUT2D eigenvalue weighted by molar-refractivity contribution is -0.189. The van der Waals surface area contributed by atoms with Crippen molar-refractivity contribution < 1.29 is 24.1 Å². The van der Waals surface area contributed by atoms with E-state index in [1.807, 2.05) is 0 Å². The summed E-state index contributed by atoms with van der Waals surface area (Å²) in [4.78, 5) is 14.6. The molecule has 3 aliphatic heterocycles. The largest absolute Gasteiger partial charge is 0.389 e. The molecular weight excluding hydrogens is 326 g/mol. The van der Waals surface area contributed by atoms with Gasteiger partial charge in [-0.15, -0.1) is 0 Å². The second-order valence-electron chi connectivity index (χ2n) is 7.48. The maximum absolute atomic E-state index is 12.4. The number of urea groups is 1. The van der Waals surface area contributed by atoms with Crippen LogP contribution in [-0.2, 0) is 14.2 Å². The highest BCUT2D eigenvalue weighted by atomic mass is 16.7. The zero-order valence-electron chi connectivity index (χ0n) is 14.6. The quantitative estimate of drug-likeness (QED) is 0.650. The Bertz CT molecular complexity index is 467. The first-order valence-electron chi connectivity index (χ1n) is 9.56. The van der Waals surface area contributed by atoms with Crippen LogP contribution in [0.3, 0.4) is 0 Å². The molecule has 2 amide bonds. The number of nitrogens with one attached hydrogen (secondary N) is 2. The van der Waals surface area contributed by atoms with Gasteiger partial charge in [0.1, 0.15) is 6.10 Å². The summed E-state index contributed by atoms with van der Waals surface area (Å²) in [5.74, 6) is 0. The average Bonchev–Trinajstić information content (AvgIpc) is 3.06. The lowest BCUT2D eigenvalue weighted by atomic mass is 9.94. The van der Waals surface area contributed by atoms with Gasteiger partial charge in [-0.3, -0.25) is 4.90 Å². The minimum atomic E-state index is -0.721. The molecule has 0 aromatic rings. The molecule has 0 spiro atoms. The molecular formula is C17H29N3O5. The Morgan fingerprint density at radius 3 is 2.60 bits per heavy atom. The van der Waals surface area contributed by atoms with Gasteiger partial charge in [0.15, 0.2) is 6.29 Å². The van der Waals surface area contributed by atoms with Gasteiger partial charge in [-0.1, -0.05) is 19.3 Å². The Labute approximate surface area is 148 Å². The molecule has 142 valence electrons. The predicted molar refractivity (Wildman–Crippen MR) is 89.1 cm³/mol. The first kappa shape index (κ1) is 17.5. The van der Waals surface area contributed by atoms with Gasteiger partial charge in [-0.2, -0.15) is 0 Å². The van der Waals surface area contributed by atoms with Crippen LogP contribution in [0.5, 0.6) is 0 Å². The van der Waals surface area contributed by atoms with Crippen LogP contribution in [0.4, 0.5) is 4.79 Å². The minimum absolute atomic E-state index is 0.217. The maximum Gasteiger partial charge on any atom is 0.315 e. The first-order valence-corrected chi connectivity index (χ1v) is 9.56. The number of aliphatic hydroxyl groups excluding tert-OH is 1. The highest BCUT2D eigenvalue weighted by Crippen LogP contribution is 2.31. The van der Waals surface area contributed by atoms with Crippen LogP contribution in [0.25, 0.3) is 0 Å². The SMILES string of the molecule is O=C(NC1CCCCC1)NC1C2COC(O2)C(N2CCOCC2)C1O. The molecule has 0 aromatic heterocycles. The van der Waals surface area contributed by atoms with Crippen molar-refractivity contribution in [1.29, 1.82) is 0 Å². The standard InChI is InChI=1S/C17H29N3O5/c21-15-13(19-17(22)18-11-4-2-1-3-5-11)12-10-24-16(25-12)14(15)20-6-8-23-9-7-20/h11-16,21H,1-10H2,(H2,18,19,22). The van der Waals surface area contributed by atoms with Gasteiger partial charge in [0.2, 0.25) is 0 Å². The molecule has 4 aliphatic rings. The van der Waals surface area contributed by atoms with Gasteiger partial charge < -0.3 is 30.0 Å². The van der Waals surface area contributed by atoms with Gasteiger partial charge in [-0.05, 0) is 12.8 Å². The zero-order chi connectivity index (χ0) is 17.2. The van der Waals surface area contributed by atoms with Crippen LogP contribution in [0.2, 0.25) is 0 Å². The molecule has 0 radical (unpaired) electrons. The van der Waals surface area contributed by atoms with Gasteiger partial charge >= 0.3 is 6.03 Å². The molecule has 3 saturated heterocycles. The van der Waals surface area contributed by atoms with Crippen molar-refractivity contribution in [1.82, 2.24) is 15.5 Å². The maximum atomic E-state index is 12.4. The molecule has 4 fully saturated rings. The second kappa shape index (κ2) is 7.75. The van der Waals surface area contributed by atoms with Gasteiger partial charge in [0.05, 0.1) is 38.0 Å². The molecule has 5 atom stereocenters. The Balaban J connectivity index is 1.38. The number of nitrogens with zero attached hydrogens (tertiary/aromatic N) is 1. The van der Waals surface area contributed by atoms with Crippen molar-refractivity contribution in [3.63, 3.8) is 0 Å². The van der Waals surface area contributed by atoms with Crippen molar-refractivity contribution in [2.24, 2.45) is 0 Å². The lowest BCUT2D eigenvalue weighted by Gasteiger charge is -2.45. The molecule has 8 heteroatoms. The zero-order valence-corrected chi connectivity index (χ0v) is 14.6. The van der Waals surface area contributed by atoms with E-state index in [2.05, 4.69) is 15.5 Å². The third-order valence-electron chi connectivity index (χ3n) is 5.84. The normalized spacial score (nSPS) is 40.0. The summed E-state index contributed by atoms with van der Waals surface area (Å²) in [5, 5.41) is 16.9. The topological polar surface area (TPSA) is 92.3 Å². The molecule has 3 heterocycles. The summed E-state index contributed by atoms with van der Waals surface area (Å²) in [5.41, 5.74) is 0. The minimum Gasteiger partial charge on any atom is -0.389 e. The summed E-state index contributed by atoms with van der Waals surface area (Å²) in [7, 11) is 0. The highest BCUT2D eigenvalue weighted by Gasteiger charge is 2.52. The third-order valence-corrected chi connectivity index (χ3v) is 5.84. The second-order valence-corrected chi connectivity index (χ2v) is 7.48. The molecule has 4 rings (SSSR count). The van der Waals surface area contributed by atoms with E-state index in [1.54, 1.807) is 0 Å². The van der Waals surface area contributed by atoms with Crippen LogP contribution in [0.1, 0.15) is 32.1 Å². The summed E-state index contributed by atoms with van der Waals surface area (Å²) >= 11 is 0. The summed E-state index contributed by atoms with van der Waals surface area (Å²) < 4.78 is 17.1. The number of morpholine rings is 1. The smallest absolute Gasteiger partial charge is 0.315 e.